The molecule has 0 aliphatic carbocycles. The molecule has 0 spiro atoms. The van der Waals surface area contributed by atoms with Crippen LogP contribution in [0.2, 0.25) is 0 Å². The molecule has 7 heteroatoms. The van der Waals surface area contributed by atoms with Crippen molar-refractivity contribution in [1.29, 1.82) is 0 Å². The van der Waals surface area contributed by atoms with Crippen molar-refractivity contribution < 1.29 is 4.52 Å². The molecule has 0 aliphatic rings. The minimum atomic E-state index is 0.243. The number of nitrogens with one attached hydrogen (secondary N) is 2. The highest BCUT2D eigenvalue weighted by Gasteiger charge is 2.09. The molecule has 2 aromatic heterocycles. The van der Waals surface area contributed by atoms with Gasteiger partial charge >= 0.3 is 0 Å². The molecule has 0 aromatic carbocycles. The molecule has 2 rings (SSSR count). The SMILES string of the molecule is CCCNc1cc(NCc2c(C)noc2C)nc(N)n1. The maximum Gasteiger partial charge on any atom is 0.223 e. The minimum Gasteiger partial charge on any atom is -0.370 e. The third-order valence-corrected chi connectivity index (χ3v) is 2.93. The lowest BCUT2D eigenvalue weighted by atomic mass is 10.2. The van der Waals surface area contributed by atoms with Gasteiger partial charge in [-0.25, -0.2) is 0 Å². The maximum atomic E-state index is 5.71. The average Bonchev–Trinajstić information content (AvgIpc) is 2.73. The fourth-order valence-corrected chi connectivity index (χ4v) is 1.83. The smallest absolute Gasteiger partial charge is 0.223 e. The van der Waals surface area contributed by atoms with Crippen LogP contribution in [0, 0.1) is 13.8 Å². The van der Waals surface area contributed by atoms with E-state index < -0.39 is 0 Å². The van der Waals surface area contributed by atoms with E-state index >= 15 is 0 Å². The van der Waals surface area contributed by atoms with Gasteiger partial charge in [0, 0.05) is 24.7 Å². The Bertz CT molecular complexity index is 561. The molecule has 0 unspecified atom stereocenters. The van der Waals surface area contributed by atoms with Gasteiger partial charge in [-0.05, 0) is 20.3 Å². The van der Waals surface area contributed by atoms with E-state index in [1.54, 1.807) is 0 Å². The van der Waals surface area contributed by atoms with Crippen molar-refractivity contribution in [2.24, 2.45) is 0 Å². The Morgan fingerprint density at radius 2 is 1.90 bits per heavy atom. The number of rotatable bonds is 6. The Morgan fingerprint density at radius 1 is 1.20 bits per heavy atom. The number of hydrogen-bond donors (Lipinski definition) is 3. The van der Waals surface area contributed by atoms with Gasteiger partial charge in [-0.3, -0.25) is 0 Å². The molecular formula is C13H20N6O. The number of anilines is 3. The van der Waals surface area contributed by atoms with Gasteiger partial charge in [0.25, 0.3) is 0 Å². The molecule has 0 saturated carbocycles. The topological polar surface area (TPSA) is 102 Å². The number of nitrogen functional groups attached to an aromatic ring is 1. The highest BCUT2D eigenvalue weighted by Crippen LogP contribution is 2.16. The molecule has 108 valence electrons. The molecule has 0 amide bonds. The number of nitrogens with two attached hydrogens (primary N) is 1. The van der Waals surface area contributed by atoms with Crippen molar-refractivity contribution >= 4 is 17.6 Å². The van der Waals surface area contributed by atoms with Gasteiger partial charge in [-0.2, -0.15) is 9.97 Å². The molecule has 0 bridgehead atoms. The van der Waals surface area contributed by atoms with Gasteiger partial charge in [0.15, 0.2) is 0 Å². The molecule has 0 aliphatic heterocycles. The van der Waals surface area contributed by atoms with Gasteiger partial charge in [-0.1, -0.05) is 12.1 Å². The normalized spacial score (nSPS) is 10.6. The van der Waals surface area contributed by atoms with Crippen LogP contribution in [0.1, 0.15) is 30.4 Å². The van der Waals surface area contributed by atoms with Crippen LogP contribution in [0.25, 0.3) is 0 Å². The summed E-state index contributed by atoms with van der Waals surface area (Å²) in [5.41, 5.74) is 7.62. The zero-order valence-electron chi connectivity index (χ0n) is 12.0. The number of nitrogens with zero attached hydrogens (tertiary/aromatic N) is 3. The zero-order chi connectivity index (χ0) is 14.5. The second-order valence-corrected chi connectivity index (χ2v) is 4.58. The van der Waals surface area contributed by atoms with Crippen molar-refractivity contribution in [1.82, 2.24) is 15.1 Å². The summed E-state index contributed by atoms with van der Waals surface area (Å²) in [6, 6.07) is 1.84. The van der Waals surface area contributed by atoms with Crippen molar-refractivity contribution in [3.05, 3.63) is 23.1 Å². The monoisotopic (exact) mass is 276 g/mol. The van der Waals surface area contributed by atoms with E-state index in [1.807, 2.05) is 19.9 Å². The van der Waals surface area contributed by atoms with E-state index in [1.165, 1.54) is 0 Å². The quantitative estimate of drug-likeness (QED) is 0.742. The number of aryl methyl sites for hydroxylation is 2. The van der Waals surface area contributed by atoms with E-state index in [0.717, 1.165) is 35.8 Å². The molecule has 0 fully saturated rings. The Morgan fingerprint density at radius 3 is 2.50 bits per heavy atom. The summed E-state index contributed by atoms with van der Waals surface area (Å²) in [6.45, 7) is 7.33. The van der Waals surface area contributed by atoms with E-state index in [9.17, 15) is 0 Å². The highest BCUT2D eigenvalue weighted by atomic mass is 16.5. The second-order valence-electron chi connectivity index (χ2n) is 4.58. The Labute approximate surface area is 118 Å². The summed E-state index contributed by atoms with van der Waals surface area (Å²) in [5, 5.41) is 10.3. The van der Waals surface area contributed by atoms with E-state index in [2.05, 4.69) is 32.7 Å². The first-order valence-corrected chi connectivity index (χ1v) is 6.64. The summed E-state index contributed by atoms with van der Waals surface area (Å²) < 4.78 is 5.12. The predicted molar refractivity (Wildman–Crippen MR) is 78.5 cm³/mol. The molecule has 2 heterocycles. The molecule has 0 radical (unpaired) electrons. The number of aromatic nitrogens is 3. The summed E-state index contributed by atoms with van der Waals surface area (Å²) in [7, 11) is 0. The first-order chi connectivity index (χ1) is 9.60. The lowest BCUT2D eigenvalue weighted by Gasteiger charge is -2.09. The third-order valence-electron chi connectivity index (χ3n) is 2.93. The first kappa shape index (κ1) is 14.1. The molecule has 4 N–H and O–H groups in total. The fraction of sp³-hybridized carbons (Fsp3) is 0.462. The molecule has 7 nitrogen and oxygen atoms in total. The van der Waals surface area contributed by atoms with Crippen LogP contribution in [-0.2, 0) is 6.54 Å². The van der Waals surface area contributed by atoms with Crippen LogP contribution >= 0.6 is 0 Å². The highest BCUT2D eigenvalue weighted by molar-refractivity contribution is 5.51. The lowest BCUT2D eigenvalue weighted by Crippen LogP contribution is -2.09. The van der Waals surface area contributed by atoms with Gasteiger partial charge in [0.1, 0.15) is 17.4 Å². The number of hydrogen-bond acceptors (Lipinski definition) is 7. The van der Waals surface area contributed by atoms with E-state index in [0.29, 0.717) is 12.4 Å². The van der Waals surface area contributed by atoms with E-state index in [-0.39, 0.29) is 5.95 Å². The molecule has 2 aromatic rings. The summed E-state index contributed by atoms with van der Waals surface area (Å²) in [5.74, 6) is 2.45. The lowest BCUT2D eigenvalue weighted by molar-refractivity contribution is 0.392. The van der Waals surface area contributed by atoms with Crippen molar-refractivity contribution in [2.45, 2.75) is 33.7 Å². The van der Waals surface area contributed by atoms with Crippen molar-refractivity contribution in [3.63, 3.8) is 0 Å². The van der Waals surface area contributed by atoms with Crippen LogP contribution in [-0.4, -0.2) is 21.7 Å². The summed E-state index contributed by atoms with van der Waals surface area (Å²) in [4.78, 5) is 8.30. The second kappa shape index (κ2) is 6.23. The van der Waals surface area contributed by atoms with Gasteiger partial charge < -0.3 is 20.9 Å². The summed E-state index contributed by atoms with van der Waals surface area (Å²) >= 11 is 0. The van der Waals surface area contributed by atoms with E-state index in [4.69, 9.17) is 10.3 Å². The van der Waals surface area contributed by atoms with Crippen LogP contribution in [0.15, 0.2) is 10.6 Å². The van der Waals surface area contributed by atoms with Crippen LogP contribution < -0.4 is 16.4 Å². The molecular weight excluding hydrogens is 256 g/mol. The Kier molecular flexibility index (Phi) is 4.39. The van der Waals surface area contributed by atoms with Crippen LogP contribution in [0.3, 0.4) is 0 Å². The fourth-order valence-electron chi connectivity index (χ4n) is 1.83. The predicted octanol–water partition coefficient (Wildman–Crippen LogP) is 2.10. The van der Waals surface area contributed by atoms with Gasteiger partial charge in [-0.15, -0.1) is 0 Å². The minimum absolute atomic E-state index is 0.243. The van der Waals surface area contributed by atoms with Crippen LogP contribution in [0.5, 0.6) is 0 Å². The third kappa shape index (κ3) is 3.37. The largest absolute Gasteiger partial charge is 0.370 e. The van der Waals surface area contributed by atoms with Crippen molar-refractivity contribution in [2.75, 3.05) is 22.9 Å². The summed E-state index contributed by atoms with van der Waals surface area (Å²) in [6.07, 6.45) is 1.02. The Balaban J connectivity index is 2.07. The Hall–Kier alpha value is -2.31. The van der Waals surface area contributed by atoms with Crippen molar-refractivity contribution in [3.8, 4) is 0 Å². The van der Waals surface area contributed by atoms with Gasteiger partial charge in [0.05, 0.1) is 5.69 Å². The maximum absolute atomic E-state index is 5.71. The molecule has 0 atom stereocenters. The molecule has 20 heavy (non-hydrogen) atoms. The standard InChI is InChI=1S/C13H20N6O/c1-4-5-15-11-6-12(18-13(14)17-11)16-7-10-8(2)19-20-9(10)3/h6H,4-5,7H2,1-3H3,(H4,14,15,16,17,18). The van der Waals surface area contributed by atoms with Crippen LogP contribution in [0.4, 0.5) is 17.6 Å². The first-order valence-electron chi connectivity index (χ1n) is 6.64. The zero-order valence-corrected chi connectivity index (χ0v) is 12.0. The molecule has 0 saturated heterocycles. The average molecular weight is 276 g/mol. The van der Waals surface area contributed by atoms with Gasteiger partial charge in [0.2, 0.25) is 5.95 Å².